The predicted octanol–water partition coefficient (Wildman–Crippen LogP) is 0.319. The number of hydrogen-bond donors (Lipinski definition) is 3. The zero-order valence-electron chi connectivity index (χ0n) is 7.66. The van der Waals surface area contributed by atoms with Gasteiger partial charge < -0.3 is 10.4 Å². The number of aromatic amines is 1. The number of nitrogens with one attached hydrogen (secondary N) is 2. The van der Waals surface area contributed by atoms with E-state index in [-0.39, 0.29) is 6.42 Å². The lowest BCUT2D eigenvalue weighted by atomic mass is 9.91. The topological polar surface area (TPSA) is 78.0 Å². The molecule has 3 N–H and O–H groups in total. The van der Waals surface area contributed by atoms with Crippen LogP contribution in [0.25, 0.3) is 0 Å². The Labute approximate surface area is 76.2 Å². The van der Waals surface area contributed by atoms with Gasteiger partial charge in [-0.2, -0.15) is 5.10 Å². The first kappa shape index (κ1) is 9.73. The molecule has 0 saturated carbocycles. The van der Waals surface area contributed by atoms with Gasteiger partial charge in [0.05, 0.1) is 18.2 Å². The highest BCUT2D eigenvalue weighted by Gasteiger charge is 2.28. The number of carboxylic acid groups (broad SMARTS) is 1. The molecule has 0 amide bonds. The lowest BCUT2D eigenvalue weighted by molar-refractivity contribution is -0.138. The summed E-state index contributed by atoms with van der Waals surface area (Å²) in [5.74, 6) is -0.835. The van der Waals surface area contributed by atoms with Crippen molar-refractivity contribution in [2.45, 2.75) is 18.9 Å². The van der Waals surface area contributed by atoms with E-state index in [2.05, 4.69) is 15.5 Å². The third-order valence-electron chi connectivity index (χ3n) is 2.19. The Morgan fingerprint density at radius 3 is 2.92 bits per heavy atom. The normalized spacial score (nSPS) is 15.2. The van der Waals surface area contributed by atoms with Crippen LogP contribution in [0.3, 0.4) is 0 Å². The van der Waals surface area contributed by atoms with Crippen molar-refractivity contribution in [1.29, 1.82) is 0 Å². The van der Waals surface area contributed by atoms with E-state index in [1.807, 2.05) is 6.92 Å². The van der Waals surface area contributed by atoms with Crippen LogP contribution in [0.4, 0.5) is 0 Å². The molecule has 1 unspecified atom stereocenters. The Hall–Kier alpha value is -1.36. The number of hydrogen-bond acceptors (Lipinski definition) is 3. The number of nitrogens with zero attached hydrogens (tertiary/aromatic N) is 1. The van der Waals surface area contributed by atoms with E-state index in [1.165, 1.54) is 0 Å². The van der Waals surface area contributed by atoms with Crippen LogP contribution in [0, 0.1) is 0 Å². The number of H-pyrrole nitrogens is 1. The van der Waals surface area contributed by atoms with Crippen LogP contribution in [0.2, 0.25) is 0 Å². The van der Waals surface area contributed by atoms with E-state index in [9.17, 15) is 4.79 Å². The number of carbonyl (C=O) groups is 1. The monoisotopic (exact) mass is 183 g/mol. The average Bonchev–Trinajstić information content (AvgIpc) is 2.55. The summed E-state index contributed by atoms with van der Waals surface area (Å²) < 4.78 is 0. The maximum atomic E-state index is 10.6. The van der Waals surface area contributed by atoms with Crippen molar-refractivity contribution in [2.24, 2.45) is 0 Å². The van der Waals surface area contributed by atoms with Gasteiger partial charge in [-0.15, -0.1) is 0 Å². The van der Waals surface area contributed by atoms with Crippen LogP contribution in [-0.2, 0) is 10.3 Å². The molecule has 72 valence electrons. The SMILES string of the molecule is CNC(C)(CC(=O)O)c1cn[nH]c1. The zero-order chi connectivity index (χ0) is 9.90. The molecular formula is C8H13N3O2. The highest BCUT2D eigenvalue weighted by atomic mass is 16.4. The maximum Gasteiger partial charge on any atom is 0.305 e. The van der Waals surface area contributed by atoms with Crippen molar-refractivity contribution in [3.63, 3.8) is 0 Å². The molecule has 0 aliphatic heterocycles. The molecule has 1 atom stereocenters. The van der Waals surface area contributed by atoms with E-state index in [0.29, 0.717) is 0 Å². The zero-order valence-corrected chi connectivity index (χ0v) is 7.66. The first-order valence-electron chi connectivity index (χ1n) is 3.98. The Morgan fingerprint density at radius 2 is 2.54 bits per heavy atom. The lowest BCUT2D eigenvalue weighted by Crippen LogP contribution is -2.38. The fourth-order valence-corrected chi connectivity index (χ4v) is 1.19. The third-order valence-corrected chi connectivity index (χ3v) is 2.19. The molecule has 13 heavy (non-hydrogen) atoms. The molecule has 1 heterocycles. The molecule has 0 bridgehead atoms. The molecule has 1 rings (SSSR count). The third kappa shape index (κ3) is 2.06. The predicted molar refractivity (Wildman–Crippen MR) is 47.3 cm³/mol. The standard InChI is InChI=1S/C8H13N3O2/c1-8(9-2,3-7(12)13)6-4-10-11-5-6/h4-5,9H,3H2,1-2H3,(H,10,11)(H,12,13). The van der Waals surface area contributed by atoms with Gasteiger partial charge in [0.15, 0.2) is 0 Å². The highest BCUT2D eigenvalue weighted by molar-refractivity contribution is 5.68. The number of aromatic nitrogens is 2. The van der Waals surface area contributed by atoms with Gasteiger partial charge in [0.1, 0.15) is 0 Å². The summed E-state index contributed by atoms with van der Waals surface area (Å²) in [6.45, 7) is 1.83. The summed E-state index contributed by atoms with van der Waals surface area (Å²) in [5, 5.41) is 18.1. The number of aliphatic carboxylic acids is 1. The van der Waals surface area contributed by atoms with E-state index in [1.54, 1.807) is 19.4 Å². The fourth-order valence-electron chi connectivity index (χ4n) is 1.19. The molecule has 0 spiro atoms. The fraction of sp³-hybridized carbons (Fsp3) is 0.500. The molecule has 0 fully saturated rings. The van der Waals surface area contributed by atoms with Crippen LogP contribution < -0.4 is 5.32 Å². The van der Waals surface area contributed by atoms with Crippen LogP contribution >= 0.6 is 0 Å². The largest absolute Gasteiger partial charge is 0.481 e. The molecule has 0 aliphatic carbocycles. The van der Waals surface area contributed by atoms with Crippen LogP contribution in [0.1, 0.15) is 18.9 Å². The molecule has 0 aliphatic rings. The van der Waals surface area contributed by atoms with E-state index in [0.717, 1.165) is 5.56 Å². The number of carboxylic acids is 1. The minimum atomic E-state index is -0.835. The van der Waals surface area contributed by atoms with Crippen LogP contribution in [-0.4, -0.2) is 28.3 Å². The molecule has 5 nitrogen and oxygen atoms in total. The van der Waals surface area contributed by atoms with Crippen molar-refractivity contribution in [3.8, 4) is 0 Å². The average molecular weight is 183 g/mol. The summed E-state index contributed by atoms with van der Waals surface area (Å²) in [6.07, 6.45) is 3.35. The first-order valence-corrected chi connectivity index (χ1v) is 3.98. The summed E-state index contributed by atoms with van der Waals surface area (Å²) in [4.78, 5) is 10.6. The Bertz CT molecular complexity index is 284. The van der Waals surface area contributed by atoms with Crippen molar-refractivity contribution in [3.05, 3.63) is 18.0 Å². The molecule has 0 aromatic carbocycles. The van der Waals surface area contributed by atoms with Crippen molar-refractivity contribution >= 4 is 5.97 Å². The van der Waals surface area contributed by atoms with Crippen molar-refractivity contribution in [2.75, 3.05) is 7.05 Å². The van der Waals surface area contributed by atoms with Gasteiger partial charge in [-0.05, 0) is 14.0 Å². The smallest absolute Gasteiger partial charge is 0.305 e. The van der Waals surface area contributed by atoms with Gasteiger partial charge >= 0.3 is 5.97 Å². The molecule has 0 saturated heterocycles. The van der Waals surface area contributed by atoms with Gasteiger partial charge in [0, 0.05) is 11.8 Å². The Kier molecular flexibility index (Phi) is 2.67. The van der Waals surface area contributed by atoms with Gasteiger partial charge in [0.2, 0.25) is 0 Å². The van der Waals surface area contributed by atoms with Gasteiger partial charge in [-0.1, -0.05) is 0 Å². The Balaban J connectivity index is 2.87. The first-order chi connectivity index (χ1) is 6.08. The number of rotatable bonds is 4. The minimum absolute atomic E-state index is 0.0308. The summed E-state index contributed by atoms with van der Waals surface area (Å²) in [5.41, 5.74) is 0.288. The molecule has 5 heteroatoms. The van der Waals surface area contributed by atoms with Gasteiger partial charge in [-0.3, -0.25) is 9.89 Å². The van der Waals surface area contributed by atoms with Gasteiger partial charge in [-0.25, -0.2) is 0 Å². The second-order valence-electron chi connectivity index (χ2n) is 3.14. The van der Waals surface area contributed by atoms with Crippen LogP contribution in [0.15, 0.2) is 12.4 Å². The Morgan fingerprint density at radius 1 is 1.85 bits per heavy atom. The minimum Gasteiger partial charge on any atom is -0.481 e. The van der Waals surface area contributed by atoms with Crippen molar-refractivity contribution in [1.82, 2.24) is 15.5 Å². The summed E-state index contributed by atoms with van der Waals surface area (Å²) >= 11 is 0. The van der Waals surface area contributed by atoms with E-state index < -0.39 is 11.5 Å². The lowest BCUT2D eigenvalue weighted by Gasteiger charge is -2.25. The summed E-state index contributed by atoms with van der Waals surface area (Å²) in [7, 11) is 1.73. The second kappa shape index (κ2) is 3.57. The van der Waals surface area contributed by atoms with E-state index >= 15 is 0 Å². The second-order valence-corrected chi connectivity index (χ2v) is 3.14. The highest BCUT2D eigenvalue weighted by Crippen LogP contribution is 2.22. The molecule has 0 radical (unpaired) electrons. The molecule has 1 aromatic rings. The van der Waals surface area contributed by atoms with Gasteiger partial charge in [0.25, 0.3) is 0 Å². The van der Waals surface area contributed by atoms with Crippen LogP contribution in [0.5, 0.6) is 0 Å². The summed E-state index contributed by atoms with van der Waals surface area (Å²) in [6, 6.07) is 0. The quantitative estimate of drug-likeness (QED) is 0.628. The maximum absolute atomic E-state index is 10.6. The molecular weight excluding hydrogens is 170 g/mol. The van der Waals surface area contributed by atoms with Crippen molar-refractivity contribution < 1.29 is 9.90 Å². The van der Waals surface area contributed by atoms with E-state index in [4.69, 9.17) is 5.11 Å². The molecule has 1 aromatic heterocycles.